The lowest BCUT2D eigenvalue weighted by Crippen LogP contribution is -2.20. The van der Waals surface area contributed by atoms with E-state index in [1.165, 1.54) is 0 Å². The maximum absolute atomic E-state index is 11.6. The Morgan fingerprint density at radius 2 is 1.20 bits per heavy atom. The molecule has 0 radical (unpaired) electrons. The predicted molar refractivity (Wildman–Crippen MR) is 74.7 cm³/mol. The van der Waals surface area contributed by atoms with Gasteiger partial charge in [0.1, 0.15) is 0 Å². The number of hydrogen-bond acceptors (Lipinski definition) is 4. The molecule has 2 aliphatic heterocycles. The van der Waals surface area contributed by atoms with Crippen LogP contribution < -0.4 is 0 Å². The molecule has 0 aromatic carbocycles. The van der Waals surface area contributed by atoms with Crippen LogP contribution in [-0.2, 0) is 0 Å². The van der Waals surface area contributed by atoms with Crippen molar-refractivity contribution in [1.82, 2.24) is 0 Å². The first-order chi connectivity index (χ1) is 9.38. The number of nitrogens with zero attached hydrogens (tertiary/aromatic N) is 4. The number of allylic oxidation sites excluding steroid dienone is 4. The van der Waals surface area contributed by atoms with Gasteiger partial charge in [-0.25, -0.2) is 0 Å². The molecular formula is C14H18N4O2+2. The molecule has 0 aliphatic carbocycles. The molecule has 0 N–H and O–H groups in total. The van der Waals surface area contributed by atoms with Crippen molar-refractivity contribution < 1.29 is 9.52 Å². The van der Waals surface area contributed by atoms with Gasteiger partial charge in [0.25, 0.3) is 0 Å². The fraction of sp³-hybridized carbons (Fsp3) is 0.429. The zero-order chi connectivity index (χ0) is 14.9. The second-order valence-electron chi connectivity index (χ2n) is 5.09. The monoisotopic (exact) mass is 274 g/mol. The smallest absolute Gasteiger partial charge is 0.150 e. The van der Waals surface area contributed by atoms with Gasteiger partial charge in [-0.2, -0.15) is 10.2 Å². The van der Waals surface area contributed by atoms with Gasteiger partial charge in [0.05, 0.1) is 11.4 Å². The van der Waals surface area contributed by atoms with Gasteiger partial charge < -0.3 is 0 Å². The molecule has 104 valence electrons. The Labute approximate surface area is 117 Å². The summed E-state index contributed by atoms with van der Waals surface area (Å²) in [5.41, 5.74) is 2.53. The molecule has 2 aliphatic rings. The number of azo groups is 1. The van der Waals surface area contributed by atoms with E-state index in [0.717, 1.165) is 9.52 Å². The van der Waals surface area contributed by atoms with Crippen molar-refractivity contribution >= 4 is 0 Å². The minimum Gasteiger partial charge on any atom is -0.150 e. The molecule has 0 amide bonds. The topological polar surface area (TPSA) is 64.9 Å². The summed E-state index contributed by atoms with van der Waals surface area (Å²) >= 11 is 0. The van der Waals surface area contributed by atoms with E-state index in [9.17, 15) is 9.81 Å². The van der Waals surface area contributed by atoms with Crippen molar-refractivity contribution in [3.63, 3.8) is 0 Å². The minimum atomic E-state index is -0.248. The SMILES string of the molecule is CC1=CC(N=NC2=CC(C)[N+](=O)C(C)=C2)=CC(C)[N+]1=O. The van der Waals surface area contributed by atoms with Gasteiger partial charge in [-0.1, -0.05) is 0 Å². The van der Waals surface area contributed by atoms with Crippen LogP contribution in [0.4, 0.5) is 0 Å². The molecule has 0 saturated heterocycles. The molecule has 6 nitrogen and oxygen atoms in total. The van der Waals surface area contributed by atoms with Crippen LogP contribution in [0.25, 0.3) is 0 Å². The van der Waals surface area contributed by atoms with Crippen molar-refractivity contribution in [1.29, 1.82) is 0 Å². The highest BCUT2D eigenvalue weighted by Crippen LogP contribution is 2.20. The van der Waals surface area contributed by atoms with Gasteiger partial charge in [0, 0.05) is 71.3 Å². The summed E-state index contributed by atoms with van der Waals surface area (Å²) in [5, 5.41) is 8.29. The first-order valence-corrected chi connectivity index (χ1v) is 6.53. The third-order valence-corrected chi connectivity index (χ3v) is 3.25. The fourth-order valence-corrected chi connectivity index (χ4v) is 2.16. The van der Waals surface area contributed by atoms with Gasteiger partial charge in [0.15, 0.2) is 0 Å². The zero-order valence-electron chi connectivity index (χ0n) is 12.1. The molecule has 0 aromatic rings. The molecule has 2 atom stereocenters. The molecule has 0 bridgehead atoms. The van der Waals surface area contributed by atoms with E-state index in [1.807, 2.05) is 0 Å². The van der Waals surface area contributed by atoms with Crippen molar-refractivity contribution in [2.45, 2.75) is 39.8 Å². The third-order valence-electron chi connectivity index (χ3n) is 3.25. The number of nitroso groups, excluding NO2 is 2. The van der Waals surface area contributed by atoms with Crippen molar-refractivity contribution in [2.24, 2.45) is 10.2 Å². The first-order valence-electron chi connectivity index (χ1n) is 6.53. The van der Waals surface area contributed by atoms with Gasteiger partial charge in [-0.05, 0) is 0 Å². The van der Waals surface area contributed by atoms with Gasteiger partial charge in [0.2, 0.25) is 23.5 Å². The Morgan fingerprint density at radius 1 is 0.850 bits per heavy atom. The average Bonchev–Trinajstić information content (AvgIpc) is 2.39. The Kier molecular flexibility index (Phi) is 3.83. The predicted octanol–water partition coefficient (Wildman–Crippen LogP) is 3.38. The van der Waals surface area contributed by atoms with Crippen LogP contribution in [0.5, 0.6) is 0 Å². The molecule has 0 aromatic heterocycles. The largest absolute Gasteiger partial charge is 0.232 e. The summed E-state index contributed by atoms with van der Waals surface area (Å²) in [7, 11) is 0. The van der Waals surface area contributed by atoms with E-state index in [1.54, 1.807) is 52.0 Å². The van der Waals surface area contributed by atoms with Crippen molar-refractivity contribution in [2.75, 3.05) is 0 Å². The van der Waals surface area contributed by atoms with Crippen LogP contribution >= 0.6 is 0 Å². The van der Waals surface area contributed by atoms with Crippen LogP contribution in [0.15, 0.2) is 57.3 Å². The van der Waals surface area contributed by atoms with Crippen LogP contribution in [0, 0.1) is 9.81 Å². The summed E-state index contributed by atoms with van der Waals surface area (Å²) in [4.78, 5) is 23.1. The highest BCUT2D eigenvalue weighted by Gasteiger charge is 2.27. The second-order valence-corrected chi connectivity index (χ2v) is 5.09. The van der Waals surface area contributed by atoms with E-state index >= 15 is 0 Å². The van der Waals surface area contributed by atoms with E-state index in [2.05, 4.69) is 10.2 Å². The van der Waals surface area contributed by atoms with Crippen LogP contribution in [0.3, 0.4) is 0 Å². The van der Waals surface area contributed by atoms with Crippen LogP contribution in [0.1, 0.15) is 27.7 Å². The fourth-order valence-electron chi connectivity index (χ4n) is 2.16. The lowest BCUT2D eigenvalue weighted by atomic mass is 10.1. The number of hydrogen-bond donors (Lipinski definition) is 0. The standard InChI is InChI=1S/C14H18N4O2/c1-9-5-13(6-10(2)17(9)19)15-16-14-7-11(3)18(20)12(4)8-14/h5-9,11H,1-4H3/q+2. The molecular weight excluding hydrogens is 256 g/mol. The molecule has 2 unspecified atom stereocenters. The Balaban J connectivity index is 2.19. The maximum Gasteiger partial charge on any atom is 0.232 e. The maximum atomic E-state index is 11.6. The van der Waals surface area contributed by atoms with E-state index in [0.29, 0.717) is 22.8 Å². The normalized spacial score (nSPS) is 27.2. The minimum absolute atomic E-state index is 0.248. The summed E-state index contributed by atoms with van der Waals surface area (Å²) in [6.45, 7) is 7.10. The van der Waals surface area contributed by atoms with Gasteiger partial charge in [-0.3, -0.25) is 0 Å². The average molecular weight is 274 g/mol. The summed E-state index contributed by atoms with van der Waals surface area (Å²) < 4.78 is 1.86. The molecule has 2 heterocycles. The molecule has 20 heavy (non-hydrogen) atoms. The van der Waals surface area contributed by atoms with Crippen molar-refractivity contribution in [3.8, 4) is 0 Å². The Bertz CT molecular complexity index is 569. The molecule has 0 fully saturated rings. The third kappa shape index (κ3) is 2.84. The van der Waals surface area contributed by atoms with E-state index < -0.39 is 0 Å². The molecule has 6 heteroatoms. The lowest BCUT2D eigenvalue weighted by Gasteiger charge is -2.06. The quantitative estimate of drug-likeness (QED) is 0.572. The zero-order valence-corrected chi connectivity index (χ0v) is 12.1. The number of rotatable bonds is 2. The van der Waals surface area contributed by atoms with E-state index in [4.69, 9.17) is 0 Å². The molecule has 2 rings (SSSR count). The second kappa shape index (κ2) is 5.40. The van der Waals surface area contributed by atoms with Gasteiger partial charge in [-0.15, -0.1) is 0 Å². The van der Waals surface area contributed by atoms with Crippen molar-refractivity contribution in [3.05, 3.63) is 56.9 Å². The Hall–Kier alpha value is -2.24. The Morgan fingerprint density at radius 3 is 1.50 bits per heavy atom. The summed E-state index contributed by atoms with van der Waals surface area (Å²) in [6, 6.07) is -0.495. The van der Waals surface area contributed by atoms with Crippen LogP contribution in [-0.4, -0.2) is 21.6 Å². The summed E-state index contributed by atoms with van der Waals surface area (Å²) in [6.07, 6.45) is 6.90. The molecule has 0 saturated carbocycles. The van der Waals surface area contributed by atoms with E-state index in [-0.39, 0.29) is 12.1 Å². The van der Waals surface area contributed by atoms with Gasteiger partial charge >= 0.3 is 0 Å². The van der Waals surface area contributed by atoms with Crippen LogP contribution in [0.2, 0.25) is 0 Å². The first kappa shape index (κ1) is 14.2. The lowest BCUT2D eigenvalue weighted by molar-refractivity contribution is -0.524. The summed E-state index contributed by atoms with van der Waals surface area (Å²) in [5.74, 6) is 0. The highest BCUT2D eigenvalue weighted by molar-refractivity contribution is 5.26. The molecule has 0 spiro atoms. The highest BCUT2D eigenvalue weighted by atomic mass is 16.3.